The number of methoxy groups -OCH3 is 1. The normalized spacial score (nSPS) is 11.7. The molecule has 2 aromatic carbocycles. The van der Waals surface area contributed by atoms with Crippen molar-refractivity contribution >= 4 is 23.5 Å². The summed E-state index contributed by atoms with van der Waals surface area (Å²) in [5, 5.41) is 0.227. The van der Waals surface area contributed by atoms with Gasteiger partial charge in [-0.25, -0.2) is 4.79 Å². The number of esters is 1. The van der Waals surface area contributed by atoms with Crippen LogP contribution in [0, 0.1) is 0 Å². The summed E-state index contributed by atoms with van der Waals surface area (Å²) in [4.78, 5) is 26.6. The van der Waals surface area contributed by atoms with Crippen LogP contribution in [0.15, 0.2) is 42.5 Å². The van der Waals surface area contributed by atoms with Crippen molar-refractivity contribution in [2.45, 2.75) is 39.5 Å². The smallest absolute Gasteiger partial charge is 0.339 e. The van der Waals surface area contributed by atoms with E-state index in [-0.39, 0.29) is 22.6 Å². The van der Waals surface area contributed by atoms with Gasteiger partial charge in [0, 0.05) is 13.6 Å². The van der Waals surface area contributed by atoms with Crippen LogP contribution in [-0.2, 0) is 16.1 Å². The molecule has 0 bridgehead atoms. The van der Waals surface area contributed by atoms with Crippen molar-refractivity contribution in [2.24, 2.45) is 0 Å². The molecule has 29 heavy (non-hydrogen) atoms. The predicted molar refractivity (Wildman–Crippen MR) is 112 cm³/mol. The van der Waals surface area contributed by atoms with Crippen LogP contribution in [0.1, 0.15) is 36.7 Å². The Morgan fingerprint density at radius 3 is 2.34 bits per heavy atom. The number of likely N-dealkylation sites (N-methyl/N-ethyl adjacent to an activating group) is 1. The molecule has 1 atom stereocenters. The van der Waals surface area contributed by atoms with Gasteiger partial charge in [-0.05, 0) is 38.5 Å². The number of hydrogen-bond acceptors (Lipinski definition) is 5. The van der Waals surface area contributed by atoms with Crippen LogP contribution in [0.4, 0.5) is 0 Å². The van der Waals surface area contributed by atoms with E-state index in [1.54, 1.807) is 7.05 Å². The van der Waals surface area contributed by atoms with Crippen LogP contribution in [0.2, 0.25) is 5.02 Å². The lowest BCUT2D eigenvalue weighted by molar-refractivity contribution is -0.139. The summed E-state index contributed by atoms with van der Waals surface area (Å²) in [5.74, 6) is -0.305. The molecule has 0 fully saturated rings. The summed E-state index contributed by atoms with van der Waals surface area (Å²) in [6.07, 6.45) is -1.07. The number of benzene rings is 2. The lowest BCUT2D eigenvalue weighted by atomic mass is 10.2. The fourth-order valence-electron chi connectivity index (χ4n) is 2.71. The van der Waals surface area contributed by atoms with Crippen molar-refractivity contribution in [2.75, 3.05) is 14.2 Å². The molecule has 0 N–H and O–H groups in total. The number of halogens is 1. The Balaban J connectivity index is 2.08. The van der Waals surface area contributed by atoms with Crippen LogP contribution < -0.4 is 9.47 Å². The lowest BCUT2D eigenvalue weighted by Crippen LogP contribution is -2.37. The number of nitrogens with zero attached hydrogens (tertiary/aromatic N) is 1. The minimum atomic E-state index is -0.951. The molecule has 6 nitrogen and oxygen atoms in total. The van der Waals surface area contributed by atoms with Gasteiger partial charge in [0.2, 0.25) is 0 Å². The molecule has 0 saturated heterocycles. The van der Waals surface area contributed by atoms with Gasteiger partial charge < -0.3 is 19.1 Å². The van der Waals surface area contributed by atoms with Crippen molar-refractivity contribution in [1.82, 2.24) is 4.90 Å². The van der Waals surface area contributed by atoms with Crippen molar-refractivity contribution in [3.63, 3.8) is 0 Å². The number of hydrogen-bond donors (Lipinski definition) is 0. The maximum absolute atomic E-state index is 12.6. The Morgan fingerprint density at radius 2 is 1.76 bits per heavy atom. The van der Waals surface area contributed by atoms with Crippen molar-refractivity contribution in [3.05, 3.63) is 58.6 Å². The Hall–Kier alpha value is -2.73. The van der Waals surface area contributed by atoms with Gasteiger partial charge in [0.05, 0.1) is 23.8 Å². The lowest BCUT2D eigenvalue weighted by Gasteiger charge is -2.22. The van der Waals surface area contributed by atoms with Gasteiger partial charge >= 0.3 is 5.97 Å². The van der Waals surface area contributed by atoms with Gasteiger partial charge in [-0.2, -0.15) is 0 Å². The average Bonchev–Trinajstić information content (AvgIpc) is 2.68. The Labute approximate surface area is 176 Å². The Bertz CT molecular complexity index is 854. The molecular weight excluding hydrogens is 394 g/mol. The first-order chi connectivity index (χ1) is 13.7. The van der Waals surface area contributed by atoms with Crippen LogP contribution >= 0.6 is 11.6 Å². The van der Waals surface area contributed by atoms with E-state index in [1.165, 1.54) is 31.1 Å². The summed E-state index contributed by atoms with van der Waals surface area (Å²) >= 11 is 6.25. The first kappa shape index (κ1) is 22.6. The number of carbonyl (C=O) groups is 2. The maximum atomic E-state index is 12.6. The van der Waals surface area contributed by atoms with E-state index in [9.17, 15) is 9.59 Å². The van der Waals surface area contributed by atoms with Gasteiger partial charge in [0.1, 0.15) is 0 Å². The number of amides is 1. The summed E-state index contributed by atoms with van der Waals surface area (Å²) < 4.78 is 16.3. The zero-order valence-corrected chi connectivity index (χ0v) is 18.0. The van der Waals surface area contributed by atoms with Gasteiger partial charge in [0.15, 0.2) is 17.6 Å². The van der Waals surface area contributed by atoms with E-state index < -0.39 is 12.1 Å². The Kier molecular flexibility index (Phi) is 7.91. The van der Waals surface area contributed by atoms with Gasteiger partial charge in [-0.1, -0.05) is 41.9 Å². The molecule has 0 unspecified atom stereocenters. The van der Waals surface area contributed by atoms with Gasteiger partial charge in [0.25, 0.3) is 5.91 Å². The standard InChI is InChI=1S/C22H26ClNO5/c1-14(2)28-20-18(23)11-17(12-19(20)27-5)22(26)29-15(3)21(25)24(4)13-16-9-7-6-8-10-16/h6-12,14-15H,13H2,1-5H3/t15-/m0/s1. The number of rotatable bonds is 8. The fourth-order valence-corrected chi connectivity index (χ4v) is 2.97. The fraction of sp³-hybridized carbons (Fsp3) is 0.364. The SMILES string of the molecule is COc1cc(C(=O)O[C@@H](C)C(=O)N(C)Cc2ccccc2)cc(Cl)c1OC(C)C. The summed E-state index contributed by atoms with van der Waals surface area (Å²) in [6, 6.07) is 12.5. The van der Waals surface area contributed by atoms with E-state index >= 15 is 0 Å². The third-order valence-corrected chi connectivity index (χ3v) is 4.37. The van der Waals surface area contributed by atoms with E-state index in [1.807, 2.05) is 44.2 Å². The monoisotopic (exact) mass is 419 g/mol. The van der Waals surface area contributed by atoms with Crippen LogP contribution in [0.3, 0.4) is 0 Å². The minimum absolute atomic E-state index is 0.114. The summed E-state index contributed by atoms with van der Waals surface area (Å²) in [6.45, 7) is 5.67. The van der Waals surface area contributed by atoms with Crippen molar-refractivity contribution < 1.29 is 23.8 Å². The predicted octanol–water partition coefficient (Wildman–Crippen LogP) is 4.34. The molecular formula is C22H26ClNO5. The molecule has 2 aromatic rings. The topological polar surface area (TPSA) is 65.1 Å². The quantitative estimate of drug-likeness (QED) is 0.595. The highest BCUT2D eigenvalue weighted by atomic mass is 35.5. The molecule has 7 heteroatoms. The molecule has 156 valence electrons. The summed E-state index contributed by atoms with van der Waals surface area (Å²) in [5.41, 5.74) is 1.16. The maximum Gasteiger partial charge on any atom is 0.339 e. The molecule has 1 amide bonds. The highest BCUT2D eigenvalue weighted by Gasteiger charge is 2.24. The zero-order chi connectivity index (χ0) is 21.6. The van der Waals surface area contributed by atoms with Crippen molar-refractivity contribution in [1.29, 1.82) is 0 Å². The van der Waals surface area contributed by atoms with Gasteiger partial charge in [-0.3, -0.25) is 4.79 Å². The second-order valence-corrected chi connectivity index (χ2v) is 7.29. The third kappa shape index (κ3) is 6.12. The number of ether oxygens (including phenoxy) is 3. The number of carbonyl (C=O) groups excluding carboxylic acids is 2. The molecule has 0 aliphatic carbocycles. The van der Waals surface area contributed by atoms with E-state index in [4.69, 9.17) is 25.8 Å². The van der Waals surface area contributed by atoms with Crippen LogP contribution in [0.25, 0.3) is 0 Å². The van der Waals surface area contributed by atoms with Crippen LogP contribution in [-0.4, -0.2) is 43.1 Å². The first-order valence-electron chi connectivity index (χ1n) is 9.27. The zero-order valence-electron chi connectivity index (χ0n) is 17.3. The second-order valence-electron chi connectivity index (χ2n) is 6.88. The molecule has 0 heterocycles. The first-order valence-corrected chi connectivity index (χ1v) is 9.64. The minimum Gasteiger partial charge on any atom is -0.493 e. The van der Waals surface area contributed by atoms with Crippen molar-refractivity contribution in [3.8, 4) is 11.5 Å². The largest absolute Gasteiger partial charge is 0.493 e. The third-order valence-electron chi connectivity index (χ3n) is 4.09. The average molecular weight is 420 g/mol. The molecule has 0 radical (unpaired) electrons. The summed E-state index contributed by atoms with van der Waals surface area (Å²) in [7, 11) is 3.12. The molecule has 0 saturated carbocycles. The molecule has 0 spiro atoms. The molecule has 0 aromatic heterocycles. The molecule has 0 aliphatic heterocycles. The molecule has 2 rings (SSSR count). The highest BCUT2D eigenvalue weighted by molar-refractivity contribution is 6.32. The Morgan fingerprint density at radius 1 is 1.10 bits per heavy atom. The van der Waals surface area contributed by atoms with E-state index in [2.05, 4.69) is 0 Å². The van der Waals surface area contributed by atoms with E-state index in [0.29, 0.717) is 18.0 Å². The van der Waals surface area contributed by atoms with E-state index in [0.717, 1.165) is 5.56 Å². The highest BCUT2D eigenvalue weighted by Crippen LogP contribution is 2.37. The van der Waals surface area contributed by atoms with Gasteiger partial charge in [-0.15, -0.1) is 0 Å². The second kappa shape index (κ2) is 10.2. The van der Waals surface area contributed by atoms with Crippen LogP contribution in [0.5, 0.6) is 11.5 Å². The molecule has 0 aliphatic rings.